The SMILES string of the molecule is CC1CN(C(=O)OC(C)(C)C)C(=O)c2c(OC(F)F)cc(-c3c4c(C#N)cc(Br)cc4nn3C)cc21. The van der Waals surface area contributed by atoms with Gasteiger partial charge in [0.15, 0.2) is 0 Å². The molecule has 0 fully saturated rings. The standard InChI is InChI=1S/C25H23BrF2N4O4/c1-12-11-32(24(34)36-25(2,3)4)22(33)20-16(12)7-13(8-18(20)35-23(27)28)21-19-14(10-29)6-15(26)9-17(19)30-31(21)5/h6-9,12,23H,11H2,1-5H3. The number of nitrogens with zero attached hydrogens (tertiary/aromatic N) is 4. The molecule has 1 atom stereocenters. The van der Waals surface area contributed by atoms with Crippen molar-refractivity contribution in [2.45, 2.75) is 45.8 Å². The van der Waals surface area contributed by atoms with Gasteiger partial charge in [-0.25, -0.2) is 9.69 Å². The van der Waals surface area contributed by atoms with Crippen molar-refractivity contribution in [3.05, 3.63) is 45.4 Å². The molecule has 0 spiro atoms. The first-order chi connectivity index (χ1) is 16.8. The van der Waals surface area contributed by atoms with E-state index in [9.17, 15) is 23.6 Å². The van der Waals surface area contributed by atoms with Crippen molar-refractivity contribution in [1.29, 1.82) is 5.26 Å². The molecule has 0 saturated heterocycles. The lowest BCUT2D eigenvalue weighted by molar-refractivity contribution is -0.0504. The van der Waals surface area contributed by atoms with E-state index in [2.05, 4.69) is 27.1 Å². The van der Waals surface area contributed by atoms with Gasteiger partial charge < -0.3 is 9.47 Å². The lowest BCUT2D eigenvalue weighted by atomic mass is 9.87. The summed E-state index contributed by atoms with van der Waals surface area (Å²) in [5.74, 6) is -1.56. The van der Waals surface area contributed by atoms with Gasteiger partial charge in [0.1, 0.15) is 11.4 Å². The molecule has 11 heteroatoms. The number of aromatic nitrogens is 2. The number of aryl methyl sites for hydroxylation is 1. The van der Waals surface area contributed by atoms with Crippen LogP contribution in [0.4, 0.5) is 13.6 Å². The van der Waals surface area contributed by atoms with Gasteiger partial charge in [0.05, 0.1) is 28.4 Å². The second kappa shape index (κ2) is 9.17. The summed E-state index contributed by atoms with van der Waals surface area (Å²) >= 11 is 3.37. The number of hydrogen-bond acceptors (Lipinski definition) is 6. The van der Waals surface area contributed by atoms with E-state index < -0.39 is 30.1 Å². The fourth-order valence-electron chi connectivity index (χ4n) is 4.36. The molecule has 0 aliphatic carbocycles. The molecular weight excluding hydrogens is 538 g/mol. The molecule has 2 heterocycles. The molecule has 4 rings (SSSR count). The number of hydrogen-bond donors (Lipinski definition) is 0. The maximum Gasteiger partial charge on any atom is 0.417 e. The van der Waals surface area contributed by atoms with E-state index in [0.717, 1.165) is 4.90 Å². The number of ether oxygens (including phenoxy) is 2. The zero-order valence-electron chi connectivity index (χ0n) is 20.2. The topological polar surface area (TPSA) is 97.4 Å². The number of imide groups is 1. The van der Waals surface area contributed by atoms with Crippen molar-refractivity contribution in [1.82, 2.24) is 14.7 Å². The predicted molar refractivity (Wildman–Crippen MR) is 131 cm³/mol. The van der Waals surface area contributed by atoms with Crippen molar-refractivity contribution in [3.63, 3.8) is 0 Å². The summed E-state index contributed by atoms with van der Waals surface area (Å²) in [4.78, 5) is 26.9. The van der Waals surface area contributed by atoms with Crippen LogP contribution in [0, 0.1) is 11.3 Å². The van der Waals surface area contributed by atoms with E-state index in [1.165, 1.54) is 6.07 Å². The van der Waals surface area contributed by atoms with E-state index in [-0.39, 0.29) is 17.9 Å². The Morgan fingerprint density at radius 3 is 2.58 bits per heavy atom. The van der Waals surface area contributed by atoms with Crippen molar-refractivity contribution >= 4 is 38.8 Å². The lowest BCUT2D eigenvalue weighted by Crippen LogP contribution is -2.46. The number of fused-ring (bicyclic) bond motifs is 2. The van der Waals surface area contributed by atoms with Crippen LogP contribution < -0.4 is 4.74 Å². The van der Waals surface area contributed by atoms with Crippen LogP contribution in [0.1, 0.15) is 55.1 Å². The third kappa shape index (κ3) is 4.65. The Morgan fingerprint density at radius 1 is 1.28 bits per heavy atom. The van der Waals surface area contributed by atoms with Crippen LogP contribution in [0.3, 0.4) is 0 Å². The van der Waals surface area contributed by atoms with Crippen LogP contribution in [-0.4, -0.2) is 45.4 Å². The summed E-state index contributed by atoms with van der Waals surface area (Å²) in [6.07, 6.45) is -0.862. The van der Waals surface area contributed by atoms with Crippen molar-refractivity contribution in [2.24, 2.45) is 7.05 Å². The summed E-state index contributed by atoms with van der Waals surface area (Å²) in [6, 6.07) is 8.56. The Bertz CT molecular complexity index is 1440. The van der Waals surface area contributed by atoms with Crippen LogP contribution >= 0.6 is 15.9 Å². The van der Waals surface area contributed by atoms with Crippen molar-refractivity contribution in [3.8, 4) is 23.1 Å². The lowest BCUT2D eigenvalue weighted by Gasteiger charge is -2.33. The third-order valence-corrected chi connectivity index (χ3v) is 6.16. The highest BCUT2D eigenvalue weighted by Gasteiger charge is 2.39. The van der Waals surface area contributed by atoms with Crippen LogP contribution in [0.2, 0.25) is 0 Å². The van der Waals surface area contributed by atoms with Crippen molar-refractivity contribution < 1.29 is 27.8 Å². The van der Waals surface area contributed by atoms with Gasteiger partial charge in [-0.2, -0.15) is 19.1 Å². The molecular formula is C25H23BrF2N4O4. The number of halogens is 3. The second-order valence-corrected chi connectivity index (χ2v) is 10.5. The van der Waals surface area contributed by atoms with Gasteiger partial charge in [-0.15, -0.1) is 0 Å². The number of carbonyl (C=O) groups excluding carboxylic acids is 2. The largest absolute Gasteiger partial charge is 0.443 e. The van der Waals surface area contributed by atoms with E-state index >= 15 is 0 Å². The minimum Gasteiger partial charge on any atom is -0.443 e. The maximum atomic E-state index is 13.5. The number of rotatable bonds is 3. The Balaban J connectivity index is 1.93. The summed E-state index contributed by atoms with van der Waals surface area (Å²) in [6.45, 7) is 3.57. The van der Waals surface area contributed by atoms with E-state index in [1.807, 2.05) is 0 Å². The molecule has 1 aromatic heterocycles. The van der Waals surface area contributed by atoms with Crippen LogP contribution in [-0.2, 0) is 11.8 Å². The number of nitriles is 1. The predicted octanol–water partition coefficient (Wildman–Crippen LogP) is 5.97. The Labute approximate surface area is 214 Å². The fourth-order valence-corrected chi connectivity index (χ4v) is 4.80. The molecule has 0 saturated carbocycles. The van der Waals surface area contributed by atoms with Gasteiger partial charge in [0, 0.05) is 34.9 Å². The molecule has 8 nitrogen and oxygen atoms in total. The molecule has 3 aromatic rings. The molecule has 1 unspecified atom stereocenters. The van der Waals surface area contributed by atoms with E-state index in [4.69, 9.17) is 9.47 Å². The minimum atomic E-state index is -3.21. The highest BCUT2D eigenvalue weighted by Crippen LogP contribution is 2.41. The average molecular weight is 561 g/mol. The van der Waals surface area contributed by atoms with Gasteiger partial charge in [-0.3, -0.25) is 9.48 Å². The molecule has 0 bridgehead atoms. The molecule has 2 amide bonds. The van der Waals surface area contributed by atoms with Crippen LogP contribution in [0.15, 0.2) is 28.7 Å². The van der Waals surface area contributed by atoms with Crippen LogP contribution in [0.25, 0.3) is 22.2 Å². The molecule has 0 radical (unpaired) electrons. The third-order valence-electron chi connectivity index (χ3n) is 5.70. The first-order valence-corrected chi connectivity index (χ1v) is 11.8. The number of alkyl halides is 2. The second-order valence-electron chi connectivity index (χ2n) is 9.55. The zero-order chi connectivity index (χ0) is 26.5. The molecule has 188 valence electrons. The van der Waals surface area contributed by atoms with E-state index in [0.29, 0.717) is 37.8 Å². The molecule has 1 aliphatic rings. The summed E-state index contributed by atoms with van der Waals surface area (Å²) in [5.41, 5.74) is 1.30. The molecule has 0 N–H and O–H groups in total. The molecule has 1 aliphatic heterocycles. The Kier molecular flexibility index (Phi) is 6.51. The van der Waals surface area contributed by atoms with Gasteiger partial charge in [0.2, 0.25) is 0 Å². The number of carbonyl (C=O) groups is 2. The average Bonchev–Trinajstić information content (AvgIpc) is 3.08. The molecule has 36 heavy (non-hydrogen) atoms. The quantitative estimate of drug-likeness (QED) is 0.391. The normalized spacial score (nSPS) is 15.7. The Morgan fingerprint density at radius 2 is 1.97 bits per heavy atom. The smallest absolute Gasteiger partial charge is 0.417 e. The highest BCUT2D eigenvalue weighted by atomic mass is 79.9. The Hall–Kier alpha value is -3.52. The van der Waals surface area contributed by atoms with Crippen LogP contribution in [0.5, 0.6) is 5.75 Å². The summed E-state index contributed by atoms with van der Waals surface area (Å²) in [7, 11) is 1.68. The minimum absolute atomic E-state index is 0.000839. The first-order valence-electron chi connectivity index (χ1n) is 11.0. The van der Waals surface area contributed by atoms with Gasteiger partial charge >= 0.3 is 12.7 Å². The maximum absolute atomic E-state index is 13.5. The van der Waals surface area contributed by atoms with Crippen molar-refractivity contribution in [2.75, 3.05) is 6.54 Å². The highest BCUT2D eigenvalue weighted by molar-refractivity contribution is 9.10. The van der Waals surface area contributed by atoms with Gasteiger partial charge in [0.25, 0.3) is 5.91 Å². The van der Waals surface area contributed by atoms with Gasteiger partial charge in [-0.1, -0.05) is 22.9 Å². The number of amides is 2. The molecule has 2 aromatic carbocycles. The van der Waals surface area contributed by atoms with E-state index in [1.54, 1.807) is 57.6 Å². The van der Waals surface area contributed by atoms with Gasteiger partial charge in [-0.05, 0) is 50.6 Å². The summed E-state index contributed by atoms with van der Waals surface area (Å²) < 4.78 is 39.3. The first kappa shape index (κ1) is 25.6. The summed E-state index contributed by atoms with van der Waals surface area (Å²) in [5, 5.41) is 14.7. The number of benzene rings is 2. The fraction of sp³-hybridized carbons (Fsp3) is 0.360. The zero-order valence-corrected chi connectivity index (χ0v) is 21.8. The monoisotopic (exact) mass is 560 g/mol.